The molecule has 0 radical (unpaired) electrons. The van der Waals surface area contributed by atoms with Crippen LogP contribution in [0.4, 0.5) is 11.5 Å². The van der Waals surface area contributed by atoms with Gasteiger partial charge in [0.15, 0.2) is 0 Å². The normalized spacial score (nSPS) is 10.2. The first-order valence-electron chi connectivity index (χ1n) is 6.48. The molecular weight excluding hydrogens is 268 g/mol. The highest BCUT2D eigenvalue weighted by Crippen LogP contribution is 2.19. The maximum atomic E-state index is 11.7. The third kappa shape index (κ3) is 3.47. The van der Waals surface area contributed by atoms with E-state index in [1.54, 1.807) is 6.07 Å². The third-order valence-electron chi connectivity index (χ3n) is 3.06. The summed E-state index contributed by atoms with van der Waals surface area (Å²) in [6, 6.07) is 7.47. The van der Waals surface area contributed by atoms with Crippen molar-refractivity contribution in [2.24, 2.45) is 0 Å². The van der Waals surface area contributed by atoms with Crippen molar-refractivity contribution in [3.8, 4) is 0 Å². The van der Waals surface area contributed by atoms with Crippen molar-refractivity contribution in [1.82, 2.24) is 9.97 Å². The first-order valence-corrected chi connectivity index (χ1v) is 6.48. The van der Waals surface area contributed by atoms with Gasteiger partial charge in [-0.15, -0.1) is 0 Å². The van der Waals surface area contributed by atoms with E-state index in [9.17, 15) is 4.79 Å². The first-order chi connectivity index (χ1) is 10.0. The highest BCUT2D eigenvalue weighted by atomic mass is 16.5. The van der Waals surface area contributed by atoms with Gasteiger partial charge in [-0.2, -0.15) is 0 Å². The summed E-state index contributed by atoms with van der Waals surface area (Å²) in [5.74, 6) is 0.158. The lowest BCUT2D eigenvalue weighted by Crippen LogP contribution is -2.19. The molecule has 0 aliphatic carbocycles. The second-order valence-electron chi connectivity index (χ2n) is 4.75. The third-order valence-corrected chi connectivity index (χ3v) is 3.06. The van der Waals surface area contributed by atoms with Crippen molar-refractivity contribution in [2.75, 3.05) is 24.8 Å². The van der Waals surface area contributed by atoms with Crippen LogP contribution in [0.2, 0.25) is 0 Å². The highest BCUT2D eigenvalue weighted by Gasteiger charge is 2.14. The molecule has 0 spiro atoms. The molecule has 21 heavy (non-hydrogen) atoms. The molecule has 6 heteroatoms. The van der Waals surface area contributed by atoms with Gasteiger partial charge in [-0.25, -0.2) is 9.78 Å². The van der Waals surface area contributed by atoms with Crippen molar-refractivity contribution < 1.29 is 9.53 Å². The van der Waals surface area contributed by atoms with E-state index in [0.717, 1.165) is 11.4 Å². The number of anilines is 2. The van der Waals surface area contributed by atoms with Gasteiger partial charge in [0.05, 0.1) is 36.8 Å². The second kappa shape index (κ2) is 6.21. The minimum absolute atomic E-state index is 0.299. The molecule has 2 aromatic heterocycles. The highest BCUT2D eigenvalue weighted by molar-refractivity contribution is 5.95. The number of rotatable bonds is 4. The minimum atomic E-state index is -0.474. The molecule has 0 fully saturated rings. The number of ether oxygens (including phenoxy) is 1. The van der Waals surface area contributed by atoms with Gasteiger partial charge in [0.25, 0.3) is 0 Å². The Morgan fingerprint density at radius 3 is 2.86 bits per heavy atom. The molecule has 0 bridgehead atoms. The van der Waals surface area contributed by atoms with E-state index in [0.29, 0.717) is 23.6 Å². The van der Waals surface area contributed by atoms with Crippen molar-refractivity contribution in [3.05, 3.63) is 47.4 Å². The Balaban J connectivity index is 2.23. The molecular formula is C15H18N4O2. The number of carbonyl (C=O) groups is 1. The Bertz CT molecular complexity index is 658. The number of nitrogens with zero attached hydrogens (tertiary/aromatic N) is 3. The summed E-state index contributed by atoms with van der Waals surface area (Å²) < 4.78 is 4.71. The van der Waals surface area contributed by atoms with Gasteiger partial charge in [0.1, 0.15) is 5.82 Å². The molecule has 2 heterocycles. The van der Waals surface area contributed by atoms with Crippen molar-refractivity contribution >= 4 is 17.5 Å². The predicted molar refractivity (Wildman–Crippen MR) is 81.1 cm³/mol. The number of aryl methyl sites for hydroxylation is 1. The molecule has 0 atom stereocenters. The van der Waals surface area contributed by atoms with Crippen molar-refractivity contribution in [2.45, 2.75) is 13.5 Å². The van der Waals surface area contributed by atoms with Gasteiger partial charge in [-0.3, -0.25) is 4.98 Å². The number of aromatic nitrogens is 2. The van der Waals surface area contributed by atoms with Crippen LogP contribution in [0.15, 0.2) is 30.5 Å². The Labute approximate surface area is 123 Å². The zero-order valence-corrected chi connectivity index (χ0v) is 12.3. The summed E-state index contributed by atoms with van der Waals surface area (Å²) >= 11 is 0. The predicted octanol–water partition coefficient (Wildman–Crippen LogP) is 1.79. The first kappa shape index (κ1) is 14.8. The Hall–Kier alpha value is -2.63. The Morgan fingerprint density at radius 2 is 2.19 bits per heavy atom. The largest absolute Gasteiger partial charge is 0.465 e. The maximum Gasteiger partial charge on any atom is 0.340 e. The minimum Gasteiger partial charge on any atom is -0.465 e. The molecule has 2 N–H and O–H groups in total. The summed E-state index contributed by atoms with van der Waals surface area (Å²) in [5.41, 5.74) is 8.24. The van der Waals surface area contributed by atoms with Crippen LogP contribution >= 0.6 is 0 Å². The van der Waals surface area contributed by atoms with Gasteiger partial charge in [-0.05, 0) is 25.1 Å². The van der Waals surface area contributed by atoms with Gasteiger partial charge >= 0.3 is 5.97 Å². The van der Waals surface area contributed by atoms with E-state index in [-0.39, 0.29) is 0 Å². The molecule has 0 aliphatic rings. The fraction of sp³-hybridized carbons (Fsp3) is 0.267. The number of methoxy groups -OCH3 is 1. The van der Waals surface area contributed by atoms with Crippen LogP contribution in [0.25, 0.3) is 0 Å². The number of carbonyl (C=O) groups excluding carboxylic acids is 1. The molecule has 0 saturated carbocycles. The average molecular weight is 286 g/mol. The van der Waals surface area contributed by atoms with Gasteiger partial charge in [-0.1, -0.05) is 6.07 Å². The van der Waals surface area contributed by atoms with Crippen LogP contribution in [0.3, 0.4) is 0 Å². The van der Waals surface area contributed by atoms with Gasteiger partial charge < -0.3 is 15.4 Å². The molecule has 110 valence electrons. The van der Waals surface area contributed by atoms with Crippen LogP contribution < -0.4 is 10.6 Å². The summed E-state index contributed by atoms with van der Waals surface area (Å²) in [5, 5.41) is 0. The zero-order chi connectivity index (χ0) is 15.4. The zero-order valence-electron chi connectivity index (χ0n) is 12.3. The molecule has 0 unspecified atom stereocenters. The lowest BCUT2D eigenvalue weighted by atomic mass is 10.2. The lowest BCUT2D eigenvalue weighted by molar-refractivity contribution is 0.0602. The van der Waals surface area contributed by atoms with E-state index in [1.807, 2.05) is 37.1 Å². The fourth-order valence-electron chi connectivity index (χ4n) is 1.96. The van der Waals surface area contributed by atoms with Crippen molar-refractivity contribution in [3.63, 3.8) is 0 Å². The topological polar surface area (TPSA) is 81.3 Å². The number of pyridine rings is 2. The summed E-state index contributed by atoms with van der Waals surface area (Å²) in [6.07, 6.45) is 1.46. The van der Waals surface area contributed by atoms with Gasteiger partial charge in [0, 0.05) is 12.7 Å². The quantitative estimate of drug-likeness (QED) is 0.863. The standard InChI is InChI=1S/C15H18N4O2/c1-10-5-4-6-11(18-10)9-19(2)14-7-12(15(20)21-3)13(16)8-17-14/h4-8H,9,16H2,1-3H3. The summed E-state index contributed by atoms with van der Waals surface area (Å²) in [4.78, 5) is 22.2. The SMILES string of the molecule is COC(=O)c1cc(N(C)Cc2cccc(C)n2)ncc1N. The average Bonchev–Trinajstić information content (AvgIpc) is 2.47. The van der Waals surface area contributed by atoms with Crippen LogP contribution in [-0.2, 0) is 11.3 Å². The molecule has 0 saturated heterocycles. The summed E-state index contributed by atoms with van der Waals surface area (Å²) in [6.45, 7) is 2.53. The molecule has 0 amide bonds. The number of esters is 1. The van der Waals surface area contributed by atoms with Gasteiger partial charge in [0.2, 0.25) is 0 Å². The number of hydrogen-bond donors (Lipinski definition) is 1. The van der Waals surface area contributed by atoms with E-state index in [4.69, 9.17) is 10.5 Å². The summed E-state index contributed by atoms with van der Waals surface area (Å²) in [7, 11) is 3.20. The fourth-order valence-corrected chi connectivity index (χ4v) is 1.96. The molecule has 0 aromatic carbocycles. The Morgan fingerprint density at radius 1 is 1.43 bits per heavy atom. The number of nitrogens with two attached hydrogens (primary N) is 1. The molecule has 2 rings (SSSR count). The number of hydrogen-bond acceptors (Lipinski definition) is 6. The van der Waals surface area contributed by atoms with Crippen LogP contribution in [0.5, 0.6) is 0 Å². The van der Waals surface area contributed by atoms with E-state index in [1.165, 1.54) is 13.3 Å². The van der Waals surface area contributed by atoms with Crippen molar-refractivity contribution in [1.29, 1.82) is 0 Å². The van der Waals surface area contributed by atoms with E-state index >= 15 is 0 Å². The molecule has 6 nitrogen and oxygen atoms in total. The second-order valence-corrected chi connectivity index (χ2v) is 4.75. The maximum absolute atomic E-state index is 11.7. The lowest BCUT2D eigenvalue weighted by Gasteiger charge is -2.18. The van der Waals surface area contributed by atoms with E-state index < -0.39 is 5.97 Å². The van der Waals surface area contributed by atoms with E-state index in [2.05, 4.69) is 9.97 Å². The molecule has 2 aromatic rings. The van der Waals surface area contributed by atoms with Crippen LogP contribution in [0.1, 0.15) is 21.7 Å². The smallest absolute Gasteiger partial charge is 0.340 e. The van der Waals surface area contributed by atoms with Crippen LogP contribution in [0, 0.1) is 6.92 Å². The molecule has 0 aliphatic heterocycles. The Kier molecular flexibility index (Phi) is 4.37. The monoisotopic (exact) mass is 286 g/mol. The number of nitrogen functional groups attached to an aromatic ring is 1. The van der Waals surface area contributed by atoms with Crippen LogP contribution in [-0.4, -0.2) is 30.1 Å².